The first-order valence-electron chi connectivity index (χ1n) is 8.46. The Hall–Kier alpha value is -3.43. The van der Waals surface area contributed by atoms with Gasteiger partial charge in [0.15, 0.2) is 0 Å². The Balaban J connectivity index is 1.79. The number of amides is 2. The molecule has 154 valence electrons. The molecule has 4 nitrogen and oxygen atoms in total. The molecule has 0 N–H and O–H groups in total. The predicted octanol–water partition coefficient (Wildman–Crippen LogP) is 5.14. The maximum absolute atomic E-state index is 13.6. The van der Waals surface area contributed by atoms with Crippen LogP contribution in [0.25, 0.3) is 10.9 Å². The minimum Gasteiger partial charge on any atom is -0.268 e. The van der Waals surface area contributed by atoms with Gasteiger partial charge in [0, 0.05) is 10.9 Å². The number of nitrogens with zero attached hydrogens (tertiary/aromatic N) is 2. The van der Waals surface area contributed by atoms with E-state index >= 15 is 0 Å². The lowest BCUT2D eigenvalue weighted by Crippen LogP contribution is -2.34. The number of imide groups is 1. The van der Waals surface area contributed by atoms with Gasteiger partial charge in [-0.1, -0.05) is 6.07 Å². The maximum Gasteiger partial charge on any atom is 0.458 e. The Morgan fingerprint density at radius 2 is 1.60 bits per heavy atom. The van der Waals surface area contributed by atoms with Gasteiger partial charge in [-0.3, -0.25) is 9.59 Å². The summed E-state index contributed by atoms with van der Waals surface area (Å²) in [6.07, 6.45) is -5.80. The van der Waals surface area contributed by atoms with Crippen molar-refractivity contribution in [1.82, 2.24) is 4.98 Å². The van der Waals surface area contributed by atoms with E-state index in [2.05, 4.69) is 4.98 Å². The lowest BCUT2D eigenvalue weighted by Gasteiger charge is -2.22. The normalized spacial score (nSPS) is 14.6. The molecule has 1 aliphatic rings. The van der Waals surface area contributed by atoms with E-state index < -0.39 is 35.3 Å². The molecule has 30 heavy (non-hydrogen) atoms. The van der Waals surface area contributed by atoms with E-state index in [9.17, 15) is 35.9 Å². The first-order valence-corrected chi connectivity index (χ1v) is 8.46. The summed E-state index contributed by atoms with van der Waals surface area (Å²) in [5, 5.41) is 0.272. The molecule has 2 heterocycles. The molecule has 1 aliphatic heterocycles. The molecule has 0 spiro atoms. The number of rotatable bonds is 2. The minimum absolute atomic E-state index is 0.123. The van der Waals surface area contributed by atoms with Crippen LogP contribution in [0.15, 0.2) is 42.5 Å². The van der Waals surface area contributed by atoms with Crippen LogP contribution in [0.2, 0.25) is 0 Å². The van der Waals surface area contributed by atoms with Gasteiger partial charge in [0.1, 0.15) is 11.5 Å². The third kappa shape index (κ3) is 2.82. The number of hydrogen-bond donors (Lipinski definition) is 0. The van der Waals surface area contributed by atoms with Crippen LogP contribution in [0.4, 0.5) is 32.0 Å². The Kier molecular flexibility index (Phi) is 4.16. The van der Waals surface area contributed by atoms with Crippen LogP contribution >= 0.6 is 0 Å². The lowest BCUT2D eigenvalue weighted by atomic mass is 10.0. The van der Waals surface area contributed by atoms with Crippen LogP contribution < -0.4 is 4.90 Å². The van der Waals surface area contributed by atoms with Crippen LogP contribution in [-0.4, -0.2) is 23.0 Å². The second kappa shape index (κ2) is 6.28. The predicted molar refractivity (Wildman–Crippen MR) is 94.0 cm³/mol. The van der Waals surface area contributed by atoms with E-state index in [0.29, 0.717) is 17.0 Å². The number of anilines is 1. The van der Waals surface area contributed by atoms with Crippen LogP contribution in [0.3, 0.4) is 0 Å². The first-order chi connectivity index (χ1) is 13.9. The van der Waals surface area contributed by atoms with Gasteiger partial charge in [-0.05, 0) is 48.9 Å². The summed E-state index contributed by atoms with van der Waals surface area (Å²) in [6.45, 7) is 1.20. The number of carbonyl (C=O) groups is 2. The van der Waals surface area contributed by atoms with Crippen molar-refractivity contribution in [2.45, 2.75) is 19.0 Å². The quantitative estimate of drug-likeness (QED) is 0.423. The zero-order chi connectivity index (χ0) is 22.0. The number of carbonyl (C=O) groups excluding carboxylic acids is 2. The largest absolute Gasteiger partial charge is 0.458 e. The molecule has 0 aliphatic carbocycles. The zero-order valence-corrected chi connectivity index (χ0v) is 15.0. The molecule has 0 saturated carbocycles. The molecular weight excluding hydrogens is 414 g/mol. The van der Waals surface area contributed by atoms with Gasteiger partial charge >= 0.3 is 12.1 Å². The maximum atomic E-state index is 13.6. The summed E-state index contributed by atoms with van der Waals surface area (Å²) in [6, 6.07) is 6.80. The molecule has 1 aromatic heterocycles. The smallest absolute Gasteiger partial charge is 0.268 e. The highest BCUT2D eigenvalue weighted by Gasteiger charge is 2.58. The standard InChI is InChI=1S/C20H10F6N2O2/c1-9-6-11(19(22,23)20(24,25)26)2-5-15(9)28-17(29)13-8-10-7-12(21)3-4-14(10)27-16(13)18(28)30/h2-8H,1H3. The van der Waals surface area contributed by atoms with Crippen LogP contribution in [-0.2, 0) is 5.92 Å². The Bertz CT molecular complexity index is 1240. The molecule has 10 heteroatoms. The summed E-state index contributed by atoms with van der Waals surface area (Å²) in [5.74, 6) is -7.37. The Labute approximate surface area is 164 Å². The number of fused-ring (bicyclic) bond motifs is 2. The van der Waals surface area contributed by atoms with E-state index in [4.69, 9.17) is 0 Å². The molecule has 0 unspecified atom stereocenters. The lowest BCUT2D eigenvalue weighted by molar-refractivity contribution is -0.289. The molecule has 0 bridgehead atoms. The molecule has 2 aromatic carbocycles. The van der Waals surface area contributed by atoms with E-state index in [-0.39, 0.29) is 33.4 Å². The fourth-order valence-corrected chi connectivity index (χ4v) is 3.28. The summed E-state index contributed by atoms with van der Waals surface area (Å²) in [4.78, 5) is 30.3. The highest BCUT2D eigenvalue weighted by atomic mass is 19.4. The third-order valence-electron chi connectivity index (χ3n) is 4.77. The van der Waals surface area contributed by atoms with Crippen molar-refractivity contribution < 1.29 is 35.9 Å². The second-order valence-electron chi connectivity index (χ2n) is 6.74. The number of alkyl halides is 5. The molecule has 0 radical (unpaired) electrons. The van der Waals surface area contributed by atoms with Crippen molar-refractivity contribution in [2.75, 3.05) is 4.90 Å². The van der Waals surface area contributed by atoms with E-state index in [1.165, 1.54) is 19.1 Å². The average molecular weight is 424 g/mol. The van der Waals surface area contributed by atoms with Crippen LogP contribution in [0, 0.1) is 12.7 Å². The third-order valence-corrected chi connectivity index (χ3v) is 4.77. The van der Waals surface area contributed by atoms with E-state index in [0.717, 1.165) is 18.2 Å². The van der Waals surface area contributed by atoms with Crippen molar-refractivity contribution in [3.05, 3.63) is 70.7 Å². The first kappa shape index (κ1) is 19.9. The van der Waals surface area contributed by atoms with Gasteiger partial charge in [-0.2, -0.15) is 22.0 Å². The number of pyridine rings is 1. The van der Waals surface area contributed by atoms with Crippen LogP contribution in [0.1, 0.15) is 32.0 Å². The highest BCUT2D eigenvalue weighted by molar-refractivity contribution is 6.34. The Morgan fingerprint density at radius 1 is 0.900 bits per heavy atom. The Morgan fingerprint density at radius 3 is 2.23 bits per heavy atom. The summed E-state index contributed by atoms with van der Waals surface area (Å²) in [7, 11) is 0. The number of halogens is 6. The SMILES string of the molecule is Cc1cc(C(F)(F)C(F)(F)F)ccc1N1C(=O)c2cc3cc(F)ccc3nc2C1=O. The number of aryl methyl sites for hydroxylation is 1. The molecule has 0 fully saturated rings. The summed E-state index contributed by atoms with van der Waals surface area (Å²) < 4.78 is 78.5. The number of aromatic nitrogens is 1. The molecule has 0 saturated heterocycles. The molecule has 3 aromatic rings. The topological polar surface area (TPSA) is 50.3 Å². The molecular formula is C20H10F6N2O2. The monoisotopic (exact) mass is 424 g/mol. The van der Waals surface area contributed by atoms with Crippen molar-refractivity contribution in [1.29, 1.82) is 0 Å². The van der Waals surface area contributed by atoms with Crippen LogP contribution in [0.5, 0.6) is 0 Å². The number of benzene rings is 2. The fourth-order valence-electron chi connectivity index (χ4n) is 3.28. The highest BCUT2D eigenvalue weighted by Crippen LogP contribution is 2.45. The van der Waals surface area contributed by atoms with Gasteiger partial charge in [0.2, 0.25) is 0 Å². The molecule has 0 atom stereocenters. The average Bonchev–Trinajstić information content (AvgIpc) is 2.89. The zero-order valence-electron chi connectivity index (χ0n) is 15.0. The van der Waals surface area contributed by atoms with Crippen molar-refractivity contribution in [2.24, 2.45) is 0 Å². The van der Waals surface area contributed by atoms with Crippen molar-refractivity contribution in [3.63, 3.8) is 0 Å². The minimum atomic E-state index is -5.80. The summed E-state index contributed by atoms with van der Waals surface area (Å²) >= 11 is 0. The van der Waals surface area contributed by atoms with Gasteiger partial charge in [0.05, 0.1) is 16.8 Å². The van der Waals surface area contributed by atoms with E-state index in [1.54, 1.807) is 0 Å². The molecule has 2 amide bonds. The van der Waals surface area contributed by atoms with Crippen molar-refractivity contribution >= 4 is 28.4 Å². The summed E-state index contributed by atoms with van der Waals surface area (Å²) in [5.41, 5.74) is -1.69. The second-order valence-corrected chi connectivity index (χ2v) is 6.74. The van der Waals surface area contributed by atoms with Crippen molar-refractivity contribution in [3.8, 4) is 0 Å². The van der Waals surface area contributed by atoms with Gasteiger partial charge in [0.25, 0.3) is 11.8 Å². The number of hydrogen-bond acceptors (Lipinski definition) is 3. The van der Waals surface area contributed by atoms with E-state index in [1.807, 2.05) is 0 Å². The van der Waals surface area contributed by atoms with Gasteiger partial charge in [-0.25, -0.2) is 14.3 Å². The van der Waals surface area contributed by atoms with Gasteiger partial charge < -0.3 is 0 Å². The van der Waals surface area contributed by atoms with Gasteiger partial charge in [-0.15, -0.1) is 0 Å². The fraction of sp³-hybridized carbons (Fsp3) is 0.150. The molecule has 4 rings (SSSR count).